The average Bonchev–Trinajstić information content (AvgIpc) is 2.80. The van der Waals surface area contributed by atoms with Gasteiger partial charge in [-0.15, -0.1) is 11.8 Å². The highest BCUT2D eigenvalue weighted by atomic mass is 32.2. The molecule has 3 nitrogen and oxygen atoms in total. The molecule has 1 amide bonds. The molecule has 2 atom stereocenters. The van der Waals surface area contributed by atoms with E-state index in [1.807, 2.05) is 4.90 Å². The van der Waals surface area contributed by atoms with Gasteiger partial charge in [-0.2, -0.15) is 0 Å². The molecule has 0 aromatic heterocycles. The normalized spacial score (nSPS) is 20.9. The molecular formula is C15H22N2OS. The summed E-state index contributed by atoms with van der Waals surface area (Å²) >= 11 is 1.73. The maximum Gasteiger partial charge on any atom is 0.238 e. The summed E-state index contributed by atoms with van der Waals surface area (Å²) in [5.41, 5.74) is 1.17. The Morgan fingerprint density at radius 2 is 2.11 bits per heavy atom. The first-order chi connectivity index (χ1) is 9.15. The highest BCUT2D eigenvalue weighted by molar-refractivity contribution is 7.98. The molecule has 1 aromatic carbocycles. The molecule has 0 saturated carbocycles. The lowest BCUT2D eigenvalue weighted by molar-refractivity contribution is -0.128. The highest BCUT2D eigenvalue weighted by Crippen LogP contribution is 2.26. The van der Waals surface area contributed by atoms with Crippen LogP contribution in [0.2, 0.25) is 0 Å². The van der Waals surface area contributed by atoms with E-state index in [-0.39, 0.29) is 12.1 Å². The van der Waals surface area contributed by atoms with Gasteiger partial charge in [0.2, 0.25) is 5.91 Å². The van der Waals surface area contributed by atoms with E-state index in [1.54, 1.807) is 11.8 Å². The molecule has 0 bridgehead atoms. The van der Waals surface area contributed by atoms with Gasteiger partial charge in [0.25, 0.3) is 0 Å². The second kappa shape index (κ2) is 6.44. The Kier molecular flexibility index (Phi) is 4.88. The molecule has 2 rings (SSSR count). The quantitative estimate of drug-likeness (QED) is 0.841. The van der Waals surface area contributed by atoms with Crippen molar-refractivity contribution in [2.75, 3.05) is 19.3 Å². The monoisotopic (exact) mass is 278 g/mol. The zero-order chi connectivity index (χ0) is 13.8. The number of rotatable bonds is 5. The number of amides is 1. The highest BCUT2D eigenvalue weighted by Gasteiger charge is 2.31. The first-order valence-corrected chi connectivity index (χ1v) is 8.05. The van der Waals surface area contributed by atoms with Gasteiger partial charge in [-0.25, -0.2) is 0 Å². The number of hydrogen-bond donors (Lipinski definition) is 1. The Balaban J connectivity index is 2.14. The van der Waals surface area contributed by atoms with Crippen molar-refractivity contribution in [3.63, 3.8) is 0 Å². The van der Waals surface area contributed by atoms with Crippen LogP contribution in [0, 0.1) is 5.92 Å². The van der Waals surface area contributed by atoms with E-state index in [0.29, 0.717) is 12.5 Å². The molecule has 1 aliphatic rings. The largest absolute Gasteiger partial charge is 0.322 e. The topological polar surface area (TPSA) is 32.3 Å². The first-order valence-electron chi connectivity index (χ1n) is 6.82. The van der Waals surface area contributed by atoms with Crippen LogP contribution in [0.5, 0.6) is 0 Å². The predicted octanol–water partition coefficient (Wildman–Crippen LogP) is 2.89. The Morgan fingerprint density at radius 3 is 2.68 bits per heavy atom. The zero-order valence-corrected chi connectivity index (χ0v) is 12.7. The molecule has 0 radical (unpaired) electrons. The van der Waals surface area contributed by atoms with Gasteiger partial charge < -0.3 is 4.90 Å². The molecule has 0 spiro atoms. The van der Waals surface area contributed by atoms with Gasteiger partial charge in [0.05, 0.1) is 6.54 Å². The maximum absolute atomic E-state index is 12.0. The summed E-state index contributed by atoms with van der Waals surface area (Å²) in [6.45, 7) is 5.64. The Hall–Kier alpha value is -1.00. The summed E-state index contributed by atoms with van der Waals surface area (Å²) in [6.07, 6.45) is 3.21. The summed E-state index contributed by atoms with van der Waals surface area (Å²) in [5.74, 6) is 0.746. The lowest BCUT2D eigenvalue weighted by Crippen LogP contribution is -2.33. The summed E-state index contributed by atoms with van der Waals surface area (Å²) in [7, 11) is 0. The molecule has 0 aliphatic carbocycles. The third-order valence-electron chi connectivity index (χ3n) is 3.72. The number of nitrogens with one attached hydrogen (secondary N) is 1. The average molecular weight is 278 g/mol. The van der Waals surface area contributed by atoms with Crippen molar-refractivity contribution in [1.29, 1.82) is 0 Å². The van der Waals surface area contributed by atoms with Gasteiger partial charge in [-0.3, -0.25) is 10.1 Å². The van der Waals surface area contributed by atoms with Crippen molar-refractivity contribution in [3.8, 4) is 0 Å². The van der Waals surface area contributed by atoms with Crippen molar-refractivity contribution >= 4 is 17.7 Å². The van der Waals surface area contributed by atoms with Crippen LogP contribution in [0.1, 0.15) is 32.0 Å². The Labute approximate surface area is 119 Å². The molecule has 1 fully saturated rings. The lowest BCUT2D eigenvalue weighted by atomic mass is 10.1. The smallest absolute Gasteiger partial charge is 0.238 e. The van der Waals surface area contributed by atoms with Crippen LogP contribution < -0.4 is 5.32 Å². The number of nitrogens with zero attached hydrogens (tertiary/aromatic N) is 1. The van der Waals surface area contributed by atoms with Gasteiger partial charge in [0.1, 0.15) is 6.17 Å². The molecule has 4 heteroatoms. The van der Waals surface area contributed by atoms with Crippen LogP contribution in [0.4, 0.5) is 0 Å². The third kappa shape index (κ3) is 3.31. The van der Waals surface area contributed by atoms with Gasteiger partial charge in [-0.1, -0.05) is 32.4 Å². The van der Waals surface area contributed by atoms with E-state index in [4.69, 9.17) is 0 Å². The minimum atomic E-state index is 0.0393. The molecular weight excluding hydrogens is 256 g/mol. The molecule has 19 heavy (non-hydrogen) atoms. The second-order valence-corrected chi connectivity index (χ2v) is 6.00. The second-order valence-electron chi connectivity index (χ2n) is 5.12. The van der Waals surface area contributed by atoms with Gasteiger partial charge in [-0.05, 0) is 29.9 Å². The molecule has 1 N–H and O–H groups in total. The molecule has 1 heterocycles. The van der Waals surface area contributed by atoms with Crippen LogP contribution in [0.25, 0.3) is 0 Å². The number of benzene rings is 1. The Morgan fingerprint density at radius 1 is 1.42 bits per heavy atom. The summed E-state index contributed by atoms with van der Waals surface area (Å²) in [6, 6.07) is 8.47. The third-order valence-corrected chi connectivity index (χ3v) is 4.46. The van der Waals surface area contributed by atoms with E-state index in [2.05, 4.69) is 49.7 Å². The van der Waals surface area contributed by atoms with Crippen molar-refractivity contribution in [1.82, 2.24) is 10.2 Å². The van der Waals surface area contributed by atoms with E-state index in [1.165, 1.54) is 10.5 Å². The van der Waals surface area contributed by atoms with E-state index in [0.717, 1.165) is 13.0 Å². The van der Waals surface area contributed by atoms with Gasteiger partial charge in [0.15, 0.2) is 0 Å². The van der Waals surface area contributed by atoms with Crippen LogP contribution in [0.3, 0.4) is 0 Å². The van der Waals surface area contributed by atoms with Crippen molar-refractivity contribution in [2.24, 2.45) is 5.92 Å². The standard InChI is InChI=1S/C15H22N2OS/c1-4-11(2)10-17-14(18)9-16-15(17)12-5-7-13(19-3)8-6-12/h5-8,11,15-16H,4,9-10H2,1-3H3. The van der Waals surface area contributed by atoms with Gasteiger partial charge >= 0.3 is 0 Å². The fourth-order valence-electron chi connectivity index (χ4n) is 2.30. The molecule has 1 aliphatic heterocycles. The van der Waals surface area contributed by atoms with Crippen LogP contribution in [-0.2, 0) is 4.79 Å². The van der Waals surface area contributed by atoms with E-state index >= 15 is 0 Å². The van der Waals surface area contributed by atoms with Crippen molar-refractivity contribution in [3.05, 3.63) is 29.8 Å². The summed E-state index contributed by atoms with van der Waals surface area (Å²) < 4.78 is 0. The zero-order valence-electron chi connectivity index (χ0n) is 11.8. The lowest BCUT2D eigenvalue weighted by Gasteiger charge is -2.27. The summed E-state index contributed by atoms with van der Waals surface area (Å²) in [5, 5.41) is 3.31. The van der Waals surface area contributed by atoms with Gasteiger partial charge in [0, 0.05) is 11.4 Å². The van der Waals surface area contributed by atoms with E-state index < -0.39 is 0 Å². The minimum absolute atomic E-state index is 0.0393. The molecule has 104 valence electrons. The number of carbonyl (C=O) groups is 1. The first kappa shape index (κ1) is 14.4. The fraction of sp³-hybridized carbons (Fsp3) is 0.533. The van der Waals surface area contributed by atoms with Crippen molar-refractivity contribution in [2.45, 2.75) is 31.3 Å². The molecule has 1 saturated heterocycles. The van der Waals surface area contributed by atoms with Crippen LogP contribution >= 0.6 is 11.8 Å². The molecule has 1 aromatic rings. The minimum Gasteiger partial charge on any atom is -0.322 e. The Bertz CT molecular complexity index is 432. The van der Waals surface area contributed by atoms with Crippen LogP contribution in [0.15, 0.2) is 29.2 Å². The predicted molar refractivity (Wildman–Crippen MR) is 80.1 cm³/mol. The molecule has 2 unspecified atom stereocenters. The van der Waals surface area contributed by atoms with E-state index in [9.17, 15) is 4.79 Å². The van der Waals surface area contributed by atoms with Crippen LogP contribution in [-0.4, -0.2) is 30.2 Å². The number of thioether (sulfide) groups is 1. The SMILES string of the molecule is CCC(C)CN1C(=O)CNC1c1ccc(SC)cc1. The fourth-order valence-corrected chi connectivity index (χ4v) is 2.70. The summed E-state index contributed by atoms with van der Waals surface area (Å²) in [4.78, 5) is 15.2. The number of hydrogen-bond acceptors (Lipinski definition) is 3. The van der Waals surface area contributed by atoms with Crippen molar-refractivity contribution < 1.29 is 4.79 Å². The number of carbonyl (C=O) groups excluding carboxylic acids is 1. The maximum atomic E-state index is 12.0.